The van der Waals surface area contributed by atoms with Crippen LogP contribution < -0.4 is 5.73 Å². The summed E-state index contributed by atoms with van der Waals surface area (Å²) in [6.07, 6.45) is 2.19. The number of thiophene rings is 1. The molecule has 5 nitrogen and oxygen atoms in total. The summed E-state index contributed by atoms with van der Waals surface area (Å²) in [5.74, 6) is 1.49. The summed E-state index contributed by atoms with van der Waals surface area (Å²) >= 11 is 7.32. The van der Waals surface area contributed by atoms with Gasteiger partial charge in [-0.2, -0.15) is 0 Å². The second kappa shape index (κ2) is 6.43. The maximum Gasteiger partial charge on any atom is 0.276 e. The second-order valence-corrected chi connectivity index (χ2v) is 7.77. The van der Waals surface area contributed by atoms with Crippen LogP contribution in [-0.4, -0.2) is 35.1 Å². The van der Waals surface area contributed by atoms with Crippen LogP contribution in [0.5, 0.6) is 0 Å². The molecule has 124 valence electrons. The van der Waals surface area contributed by atoms with Crippen molar-refractivity contribution in [1.29, 1.82) is 0 Å². The zero-order valence-electron chi connectivity index (χ0n) is 12.3. The highest BCUT2D eigenvalue weighted by atomic mass is 35.5. The Bertz CT molecular complexity index is 717. The van der Waals surface area contributed by atoms with Crippen LogP contribution >= 0.6 is 35.3 Å². The Morgan fingerprint density at radius 2 is 2.22 bits per heavy atom. The Hall–Kier alpha value is -1.08. The summed E-state index contributed by atoms with van der Waals surface area (Å²) in [5, 5.41) is 3.93. The van der Waals surface area contributed by atoms with Crippen molar-refractivity contribution < 1.29 is 9.32 Å². The second-order valence-electron chi connectivity index (χ2n) is 6.06. The molecule has 2 aromatic heterocycles. The number of fused-ring (bicyclic) bond motifs is 1. The number of carbonyl (C=O) groups excluding carboxylic acids is 1. The van der Waals surface area contributed by atoms with E-state index in [1.165, 1.54) is 11.3 Å². The van der Waals surface area contributed by atoms with Crippen LogP contribution in [0.2, 0.25) is 4.34 Å². The molecule has 1 saturated carbocycles. The van der Waals surface area contributed by atoms with Gasteiger partial charge >= 0.3 is 0 Å². The lowest BCUT2D eigenvalue weighted by Gasteiger charge is -2.17. The molecule has 23 heavy (non-hydrogen) atoms. The monoisotopic (exact) mass is 373 g/mol. The molecule has 0 aromatic carbocycles. The van der Waals surface area contributed by atoms with Gasteiger partial charge in [0.15, 0.2) is 11.5 Å². The Morgan fingerprint density at radius 3 is 2.91 bits per heavy atom. The van der Waals surface area contributed by atoms with Gasteiger partial charge in [0.1, 0.15) is 0 Å². The number of carbonyl (C=O) groups is 1. The van der Waals surface area contributed by atoms with Crippen molar-refractivity contribution >= 4 is 41.3 Å². The first-order chi connectivity index (χ1) is 10.6. The summed E-state index contributed by atoms with van der Waals surface area (Å²) in [4.78, 5) is 15.3. The minimum atomic E-state index is -0.0701. The van der Waals surface area contributed by atoms with E-state index in [-0.39, 0.29) is 24.4 Å². The molecule has 2 N–H and O–H groups in total. The largest absolute Gasteiger partial charge is 0.355 e. The van der Waals surface area contributed by atoms with Gasteiger partial charge < -0.3 is 15.2 Å². The van der Waals surface area contributed by atoms with Crippen molar-refractivity contribution in [3.05, 3.63) is 28.2 Å². The topological polar surface area (TPSA) is 72.4 Å². The average Bonchev–Trinajstić information content (AvgIpc) is 3.23. The van der Waals surface area contributed by atoms with Crippen LogP contribution in [-0.2, 0) is 0 Å². The fourth-order valence-electron chi connectivity index (χ4n) is 3.57. The molecule has 0 spiro atoms. The molecular formula is C15H17Cl2N3O2S. The van der Waals surface area contributed by atoms with E-state index in [4.69, 9.17) is 21.9 Å². The van der Waals surface area contributed by atoms with Crippen molar-refractivity contribution in [3.63, 3.8) is 0 Å². The molecule has 0 radical (unpaired) electrons. The maximum atomic E-state index is 12.6. The fourth-order valence-corrected chi connectivity index (χ4v) is 4.57. The van der Waals surface area contributed by atoms with Gasteiger partial charge in [0.05, 0.1) is 9.21 Å². The van der Waals surface area contributed by atoms with E-state index in [1.807, 2.05) is 11.0 Å². The van der Waals surface area contributed by atoms with Crippen molar-refractivity contribution in [2.75, 3.05) is 13.1 Å². The van der Waals surface area contributed by atoms with Crippen LogP contribution in [0, 0.1) is 11.8 Å². The third-order valence-electron chi connectivity index (χ3n) is 4.74. The summed E-state index contributed by atoms with van der Waals surface area (Å²) in [6.45, 7) is 1.52. The van der Waals surface area contributed by atoms with Gasteiger partial charge in [0.25, 0.3) is 5.91 Å². The highest BCUT2D eigenvalue weighted by molar-refractivity contribution is 7.19. The predicted molar refractivity (Wildman–Crippen MR) is 92.2 cm³/mol. The van der Waals surface area contributed by atoms with Crippen molar-refractivity contribution in [2.45, 2.75) is 18.9 Å². The molecule has 1 aliphatic heterocycles. The molecule has 1 saturated heterocycles. The van der Waals surface area contributed by atoms with Gasteiger partial charge in [-0.3, -0.25) is 4.79 Å². The van der Waals surface area contributed by atoms with Gasteiger partial charge in [-0.25, -0.2) is 0 Å². The summed E-state index contributed by atoms with van der Waals surface area (Å²) in [6, 6.07) is 5.58. The number of nitrogens with two attached hydrogens (primary N) is 1. The molecule has 1 amide bonds. The number of hydrogen-bond acceptors (Lipinski definition) is 5. The third-order valence-corrected chi connectivity index (χ3v) is 5.99. The van der Waals surface area contributed by atoms with Gasteiger partial charge in [-0.1, -0.05) is 16.8 Å². The number of amides is 1. The fraction of sp³-hybridized carbons (Fsp3) is 0.467. The van der Waals surface area contributed by atoms with E-state index in [0.29, 0.717) is 27.6 Å². The number of likely N-dealkylation sites (tertiary alicyclic amines) is 1. The molecule has 8 heteroatoms. The first kappa shape index (κ1) is 16.8. The molecule has 4 rings (SSSR count). The Kier molecular flexibility index (Phi) is 4.69. The van der Waals surface area contributed by atoms with Crippen LogP contribution in [0.15, 0.2) is 22.7 Å². The smallest absolute Gasteiger partial charge is 0.276 e. The molecular weight excluding hydrogens is 357 g/mol. The Labute approximate surface area is 149 Å². The third kappa shape index (κ3) is 3.01. The van der Waals surface area contributed by atoms with Crippen LogP contribution in [0.25, 0.3) is 10.6 Å². The summed E-state index contributed by atoms with van der Waals surface area (Å²) < 4.78 is 5.97. The standard InChI is InChI=1S/C15H16ClN3O2S.ClH/c16-14-4-3-13(22-14)12-5-11(18-21-12)15(20)19-6-8-1-2-10(17)9(8)7-19;/h3-5,8-10H,1-2,6-7,17H2;1H. The molecule has 0 bridgehead atoms. The Balaban J connectivity index is 0.00000156. The zero-order chi connectivity index (χ0) is 15.3. The number of nitrogens with zero attached hydrogens (tertiary/aromatic N) is 2. The first-order valence-corrected chi connectivity index (χ1v) is 8.58. The van der Waals surface area contributed by atoms with Crippen molar-refractivity contribution in [1.82, 2.24) is 10.1 Å². The number of halogens is 2. The van der Waals surface area contributed by atoms with Crippen molar-refractivity contribution in [3.8, 4) is 10.6 Å². The molecule has 2 aliphatic rings. The Morgan fingerprint density at radius 1 is 1.39 bits per heavy atom. The molecule has 1 aliphatic carbocycles. The molecule has 3 unspecified atom stereocenters. The quantitative estimate of drug-likeness (QED) is 0.876. The highest BCUT2D eigenvalue weighted by Gasteiger charge is 2.43. The van der Waals surface area contributed by atoms with E-state index in [9.17, 15) is 4.79 Å². The molecule has 2 aromatic rings. The van der Waals surface area contributed by atoms with Gasteiger partial charge in [-0.05, 0) is 36.8 Å². The molecule has 2 fully saturated rings. The SMILES string of the molecule is Cl.NC1CCC2CN(C(=O)c3cc(-c4ccc(Cl)s4)on3)CC12. The zero-order valence-corrected chi connectivity index (χ0v) is 14.7. The maximum absolute atomic E-state index is 12.6. The van der Waals surface area contributed by atoms with E-state index in [1.54, 1.807) is 12.1 Å². The lowest BCUT2D eigenvalue weighted by Crippen LogP contribution is -2.33. The molecule has 3 heterocycles. The number of hydrogen-bond donors (Lipinski definition) is 1. The van der Waals surface area contributed by atoms with Gasteiger partial charge in [0, 0.05) is 25.2 Å². The highest BCUT2D eigenvalue weighted by Crippen LogP contribution is 2.38. The van der Waals surface area contributed by atoms with E-state index < -0.39 is 0 Å². The lowest BCUT2D eigenvalue weighted by atomic mass is 9.98. The number of aromatic nitrogens is 1. The first-order valence-electron chi connectivity index (χ1n) is 7.39. The van der Waals surface area contributed by atoms with Gasteiger partial charge in [-0.15, -0.1) is 23.7 Å². The minimum Gasteiger partial charge on any atom is -0.355 e. The van der Waals surface area contributed by atoms with Crippen LogP contribution in [0.3, 0.4) is 0 Å². The van der Waals surface area contributed by atoms with E-state index in [0.717, 1.165) is 30.8 Å². The normalized spacial score (nSPS) is 26.2. The van der Waals surface area contributed by atoms with E-state index in [2.05, 4.69) is 5.16 Å². The minimum absolute atomic E-state index is 0. The van der Waals surface area contributed by atoms with Gasteiger partial charge in [0.2, 0.25) is 0 Å². The summed E-state index contributed by atoms with van der Waals surface area (Å²) in [5.41, 5.74) is 6.47. The van der Waals surface area contributed by atoms with E-state index >= 15 is 0 Å². The predicted octanol–water partition coefficient (Wildman–Crippen LogP) is 3.29. The summed E-state index contributed by atoms with van der Waals surface area (Å²) in [7, 11) is 0. The number of rotatable bonds is 2. The van der Waals surface area contributed by atoms with Crippen molar-refractivity contribution in [2.24, 2.45) is 17.6 Å². The lowest BCUT2D eigenvalue weighted by molar-refractivity contribution is 0.0769. The average molecular weight is 374 g/mol. The molecule has 3 atom stereocenters. The van der Waals surface area contributed by atoms with Crippen LogP contribution in [0.1, 0.15) is 23.3 Å². The van der Waals surface area contributed by atoms with Crippen LogP contribution in [0.4, 0.5) is 0 Å².